The van der Waals surface area contributed by atoms with Crippen LogP contribution in [0.15, 0.2) is 40.3 Å². The molecule has 3 aromatic rings. The summed E-state index contributed by atoms with van der Waals surface area (Å²) in [5, 5.41) is 19.5. The first kappa shape index (κ1) is 15.1. The van der Waals surface area contributed by atoms with Gasteiger partial charge < -0.3 is 5.11 Å². The van der Waals surface area contributed by atoms with Crippen LogP contribution in [-0.2, 0) is 13.1 Å². The maximum Gasteiger partial charge on any atom is 0.135 e. The van der Waals surface area contributed by atoms with Crippen molar-refractivity contribution in [3.63, 3.8) is 0 Å². The number of aromatic nitrogens is 2. The molecule has 0 aliphatic rings. The van der Waals surface area contributed by atoms with Crippen LogP contribution in [0, 0.1) is 0 Å². The van der Waals surface area contributed by atoms with Gasteiger partial charge in [-0.1, -0.05) is 19.1 Å². The first-order valence-electron chi connectivity index (χ1n) is 7.38. The van der Waals surface area contributed by atoms with Crippen molar-refractivity contribution in [3.05, 3.63) is 46.2 Å². The molecule has 0 aliphatic carbocycles. The molecule has 1 N–H and O–H groups in total. The molecule has 3 rings (SSSR count). The molecule has 0 amide bonds. The number of benzene rings is 1. The van der Waals surface area contributed by atoms with Gasteiger partial charge in [-0.2, -0.15) is 0 Å². The molecule has 0 radical (unpaired) electrons. The van der Waals surface area contributed by atoms with Crippen molar-refractivity contribution >= 4 is 22.4 Å². The summed E-state index contributed by atoms with van der Waals surface area (Å²) >= 11 is 1.74. The largest absolute Gasteiger partial charge is 0.395 e. The average molecular weight is 317 g/mol. The van der Waals surface area contributed by atoms with E-state index in [4.69, 9.17) is 4.63 Å². The fourth-order valence-electron chi connectivity index (χ4n) is 2.58. The Kier molecular flexibility index (Phi) is 4.82. The summed E-state index contributed by atoms with van der Waals surface area (Å²) in [4.78, 5) is 3.61. The Morgan fingerprint density at radius 3 is 2.82 bits per heavy atom. The fraction of sp³-hybridized carbons (Fsp3) is 0.375. The summed E-state index contributed by atoms with van der Waals surface area (Å²) in [7, 11) is 0. The smallest absolute Gasteiger partial charge is 0.135 e. The Balaban J connectivity index is 1.81. The zero-order valence-corrected chi connectivity index (χ0v) is 13.3. The van der Waals surface area contributed by atoms with Gasteiger partial charge in [-0.05, 0) is 45.9 Å². The second kappa shape index (κ2) is 7.00. The lowest BCUT2D eigenvalue weighted by molar-refractivity contribution is 0.108. The minimum atomic E-state index is 0.147. The van der Waals surface area contributed by atoms with Crippen LogP contribution in [0.3, 0.4) is 0 Å². The normalized spacial score (nSPS) is 13.0. The SMILES string of the molecule is CCC(CO)N(Cc1ccc2nonc2c1)Cc1cccs1. The molecule has 0 spiro atoms. The zero-order valence-electron chi connectivity index (χ0n) is 12.5. The quantitative estimate of drug-likeness (QED) is 0.725. The molecule has 0 fully saturated rings. The van der Waals surface area contributed by atoms with Crippen LogP contribution in [-0.4, -0.2) is 33.0 Å². The van der Waals surface area contributed by atoms with Crippen molar-refractivity contribution in [2.45, 2.75) is 32.5 Å². The Labute approximate surface area is 133 Å². The number of hydrogen-bond donors (Lipinski definition) is 1. The minimum Gasteiger partial charge on any atom is -0.395 e. The van der Waals surface area contributed by atoms with Gasteiger partial charge in [-0.25, -0.2) is 4.63 Å². The van der Waals surface area contributed by atoms with Gasteiger partial charge in [-0.3, -0.25) is 4.90 Å². The van der Waals surface area contributed by atoms with Gasteiger partial charge in [0.1, 0.15) is 11.0 Å². The van der Waals surface area contributed by atoms with Crippen LogP contribution in [0.1, 0.15) is 23.8 Å². The van der Waals surface area contributed by atoms with Crippen LogP contribution < -0.4 is 0 Å². The van der Waals surface area contributed by atoms with E-state index in [-0.39, 0.29) is 12.6 Å². The summed E-state index contributed by atoms with van der Waals surface area (Å²) in [6.07, 6.45) is 0.912. The van der Waals surface area contributed by atoms with Crippen molar-refractivity contribution in [2.24, 2.45) is 0 Å². The number of thiophene rings is 1. The minimum absolute atomic E-state index is 0.147. The van der Waals surface area contributed by atoms with Crippen molar-refractivity contribution in [1.82, 2.24) is 15.2 Å². The molecule has 6 heteroatoms. The van der Waals surface area contributed by atoms with Gasteiger partial charge in [-0.15, -0.1) is 11.3 Å². The molecule has 1 atom stereocenters. The Hall–Kier alpha value is -1.76. The van der Waals surface area contributed by atoms with E-state index in [0.717, 1.165) is 36.1 Å². The monoisotopic (exact) mass is 317 g/mol. The second-order valence-corrected chi connectivity index (χ2v) is 6.35. The van der Waals surface area contributed by atoms with E-state index in [1.807, 2.05) is 18.2 Å². The van der Waals surface area contributed by atoms with Crippen LogP contribution in [0.5, 0.6) is 0 Å². The van der Waals surface area contributed by atoms with E-state index >= 15 is 0 Å². The van der Waals surface area contributed by atoms with Gasteiger partial charge in [0.15, 0.2) is 0 Å². The lowest BCUT2D eigenvalue weighted by atomic mass is 10.1. The Morgan fingerprint density at radius 2 is 2.09 bits per heavy atom. The summed E-state index contributed by atoms with van der Waals surface area (Å²) in [5.74, 6) is 0. The molecule has 0 saturated carbocycles. The number of aliphatic hydroxyl groups is 1. The van der Waals surface area contributed by atoms with Gasteiger partial charge in [0.2, 0.25) is 0 Å². The highest BCUT2D eigenvalue weighted by atomic mass is 32.1. The first-order valence-corrected chi connectivity index (χ1v) is 8.26. The van der Waals surface area contributed by atoms with Crippen LogP contribution in [0.2, 0.25) is 0 Å². The van der Waals surface area contributed by atoms with E-state index in [2.05, 4.69) is 39.6 Å². The number of hydrogen-bond acceptors (Lipinski definition) is 6. The van der Waals surface area contributed by atoms with Gasteiger partial charge in [0.25, 0.3) is 0 Å². The lowest BCUT2D eigenvalue weighted by Gasteiger charge is -2.29. The fourth-order valence-corrected chi connectivity index (χ4v) is 3.31. The van der Waals surface area contributed by atoms with E-state index < -0.39 is 0 Å². The summed E-state index contributed by atoms with van der Waals surface area (Å²) in [5.41, 5.74) is 2.68. The summed E-state index contributed by atoms with van der Waals surface area (Å²) in [6.45, 7) is 3.87. The van der Waals surface area contributed by atoms with Crippen LogP contribution in [0.4, 0.5) is 0 Å². The summed E-state index contributed by atoms with van der Waals surface area (Å²) in [6, 6.07) is 10.3. The molecule has 116 valence electrons. The van der Waals surface area contributed by atoms with Gasteiger partial charge in [0.05, 0.1) is 6.61 Å². The maximum atomic E-state index is 9.67. The predicted molar refractivity (Wildman–Crippen MR) is 86.5 cm³/mol. The molecule has 0 saturated heterocycles. The van der Waals surface area contributed by atoms with E-state index in [1.54, 1.807) is 11.3 Å². The molecular weight excluding hydrogens is 298 g/mol. The molecule has 22 heavy (non-hydrogen) atoms. The van der Waals surface area contributed by atoms with E-state index in [9.17, 15) is 5.11 Å². The third-order valence-electron chi connectivity index (χ3n) is 3.84. The van der Waals surface area contributed by atoms with Crippen molar-refractivity contribution < 1.29 is 9.74 Å². The van der Waals surface area contributed by atoms with Crippen LogP contribution >= 0.6 is 11.3 Å². The van der Waals surface area contributed by atoms with Crippen molar-refractivity contribution in [1.29, 1.82) is 0 Å². The zero-order chi connectivity index (χ0) is 15.4. The van der Waals surface area contributed by atoms with Gasteiger partial charge in [0, 0.05) is 24.0 Å². The molecule has 0 bridgehead atoms. The highest BCUT2D eigenvalue weighted by Gasteiger charge is 2.17. The third kappa shape index (κ3) is 3.35. The molecule has 2 aromatic heterocycles. The van der Waals surface area contributed by atoms with Crippen molar-refractivity contribution in [2.75, 3.05) is 6.61 Å². The van der Waals surface area contributed by atoms with Crippen LogP contribution in [0.25, 0.3) is 11.0 Å². The Morgan fingerprint density at radius 1 is 1.23 bits per heavy atom. The predicted octanol–water partition coefficient (Wildman–Crippen LogP) is 3.06. The van der Waals surface area contributed by atoms with E-state index in [1.165, 1.54) is 4.88 Å². The van der Waals surface area contributed by atoms with Gasteiger partial charge >= 0.3 is 0 Å². The number of rotatable bonds is 7. The second-order valence-electron chi connectivity index (χ2n) is 5.32. The number of fused-ring (bicyclic) bond motifs is 1. The molecular formula is C16H19N3O2S. The van der Waals surface area contributed by atoms with E-state index in [0.29, 0.717) is 0 Å². The standard InChI is InChI=1S/C16H19N3O2S/c1-2-13(11-20)19(10-14-4-3-7-22-14)9-12-5-6-15-16(8-12)18-21-17-15/h3-8,13,20H,2,9-11H2,1H3. The first-order chi connectivity index (χ1) is 10.8. The number of nitrogens with zero attached hydrogens (tertiary/aromatic N) is 3. The maximum absolute atomic E-state index is 9.67. The molecule has 1 aromatic carbocycles. The molecule has 2 heterocycles. The third-order valence-corrected chi connectivity index (χ3v) is 4.70. The highest BCUT2D eigenvalue weighted by Crippen LogP contribution is 2.20. The summed E-state index contributed by atoms with van der Waals surface area (Å²) < 4.78 is 4.75. The molecule has 0 aliphatic heterocycles. The van der Waals surface area contributed by atoms with Crippen molar-refractivity contribution in [3.8, 4) is 0 Å². The average Bonchev–Trinajstić information content (AvgIpc) is 3.19. The topological polar surface area (TPSA) is 62.4 Å². The highest BCUT2D eigenvalue weighted by molar-refractivity contribution is 7.09. The molecule has 5 nitrogen and oxygen atoms in total. The number of aliphatic hydroxyl groups excluding tert-OH is 1. The lowest BCUT2D eigenvalue weighted by Crippen LogP contribution is -2.36. The molecule has 1 unspecified atom stereocenters. The Bertz CT molecular complexity index is 707.